The Morgan fingerprint density at radius 1 is 1.18 bits per heavy atom. The van der Waals surface area contributed by atoms with Crippen LogP contribution in [0.4, 0.5) is 17.3 Å². The zero-order chi connectivity index (χ0) is 12.1. The van der Waals surface area contributed by atoms with Gasteiger partial charge in [0.25, 0.3) is 0 Å². The molecule has 0 saturated heterocycles. The van der Waals surface area contributed by atoms with Gasteiger partial charge in [-0.3, -0.25) is 0 Å². The highest BCUT2D eigenvalue weighted by Crippen LogP contribution is 2.20. The maximum Gasteiger partial charge on any atom is 0.149 e. The number of nitrogens with two attached hydrogens (primary N) is 1. The number of anilines is 3. The monoisotopic (exact) mass is 228 g/mol. The fourth-order valence-electron chi connectivity index (χ4n) is 1.67. The summed E-state index contributed by atoms with van der Waals surface area (Å²) in [6, 6.07) is 8.22. The number of aromatic nitrogens is 2. The molecule has 4 heteroatoms. The van der Waals surface area contributed by atoms with Crippen molar-refractivity contribution in [3.05, 3.63) is 42.2 Å². The summed E-state index contributed by atoms with van der Waals surface area (Å²) in [5.41, 5.74) is 7.86. The minimum absolute atomic E-state index is 0.428. The van der Waals surface area contributed by atoms with E-state index in [0.29, 0.717) is 11.6 Å². The Labute approximate surface area is 101 Å². The highest BCUT2D eigenvalue weighted by molar-refractivity contribution is 5.60. The lowest BCUT2D eigenvalue weighted by Gasteiger charge is -2.10. The number of hydrogen-bond donors (Lipinski definition) is 2. The Morgan fingerprint density at radius 2 is 2.00 bits per heavy atom. The van der Waals surface area contributed by atoms with Crippen molar-refractivity contribution in [1.82, 2.24) is 9.97 Å². The van der Waals surface area contributed by atoms with Crippen LogP contribution in [0.1, 0.15) is 18.9 Å². The van der Waals surface area contributed by atoms with Gasteiger partial charge in [-0.05, 0) is 18.1 Å². The average molecular weight is 228 g/mol. The van der Waals surface area contributed by atoms with E-state index in [4.69, 9.17) is 5.73 Å². The molecule has 0 radical (unpaired) electrons. The number of nitrogens with zero attached hydrogens (tertiary/aromatic N) is 2. The quantitative estimate of drug-likeness (QED) is 0.844. The van der Waals surface area contributed by atoms with Gasteiger partial charge in [0.1, 0.15) is 11.6 Å². The maximum atomic E-state index is 5.50. The second-order valence-electron chi connectivity index (χ2n) is 3.86. The lowest BCUT2D eigenvalue weighted by atomic mass is 10.1. The smallest absolute Gasteiger partial charge is 0.149 e. The highest BCUT2D eigenvalue weighted by atomic mass is 15.0. The molecule has 0 fully saturated rings. The van der Waals surface area contributed by atoms with E-state index >= 15 is 0 Å². The highest BCUT2D eigenvalue weighted by Gasteiger charge is 2.02. The molecule has 3 N–H and O–H groups in total. The summed E-state index contributed by atoms with van der Waals surface area (Å²) >= 11 is 0. The van der Waals surface area contributed by atoms with Crippen LogP contribution in [0.2, 0.25) is 0 Å². The zero-order valence-electron chi connectivity index (χ0n) is 9.85. The van der Waals surface area contributed by atoms with Gasteiger partial charge in [0.15, 0.2) is 0 Å². The SMILES string of the molecule is CCCc1ccccc1Nc1cnc(N)cn1. The van der Waals surface area contributed by atoms with Crippen molar-refractivity contribution in [2.75, 3.05) is 11.1 Å². The first-order valence-corrected chi connectivity index (χ1v) is 5.72. The Balaban J connectivity index is 2.20. The van der Waals surface area contributed by atoms with Crippen LogP contribution in [0.5, 0.6) is 0 Å². The fourth-order valence-corrected chi connectivity index (χ4v) is 1.67. The molecule has 88 valence electrons. The molecule has 0 atom stereocenters. The van der Waals surface area contributed by atoms with Crippen molar-refractivity contribution in [3.8, 4) is 0 Å². The third kappa shape index (κ3) is 2.93. The average Bonchev–Trinajstić information content (AvgIpc) is 2.35. The summed E-state index contributed by atoms with van der Waals surface area (Å²) in [6.45, 7) is 2.17. The normalized spacial score (nSPS) is 10.2. The lowest BCUT2D eigenvalue weighted by molar-refractivity contribution is 0.923. The molecule has 0 bridgehead atoms. The van der Waals surface area contributed by atoms with E-state index in [-0.39, 0.29) is 0 Å². The third-order valence-electron chi connectivity index (χ3n) is 2.47. The van der Waals surface area contributed by atoms with Crippen molar-refractivity contribution in [1.29, 1.82) is 0 Å². The van der Waals surface area contributed by atoms with Gasteiger partial charge in [0.05, 0.1) is 12.4 Å². The molecule has 0 amide bonds. The van der Waals surface area contributed by atoms with Crippen molar-refractivity contribution in [2.24, 2.45) is 0 Å². The van der Waals surface area contributed by atoms with Gasteiger partial charge < -0.3 is 11.1 Å². The van der Waals surface area contributed by atoms with Crippen LogP contribution < -0.4 is 11.1 Å². The summed E-state index contributed by atoms with van der Waals surface area (Å²) < 4.78 is 0. The van der Waals surface area contributed by atoms with Crippen LogP contribution in [0, 0.1) is 0 Å². The number of hydrogen-bond acceptors (Lipinski definition) is 4. The number of rotatable bonds is 4. The summed E-state index contributed by atoms with van der Waals surface area (Å²) in [5.74, 6) is 1.14. The van der Waals surface area contributed by atoms with E-state index < -0.39 is 0 Å². The van der Waals surface area contributed by atoms with E-state index in [1.165, 1.54) is 5.56 Å². The van der Waals surface area contributed by atoms with Crippen LogP contribution in [0.15, 0.2) is 36.7 Å². The first-order chi connectivity index (χ1) is 8.29. The molecule has 0 unspecified atom stereocenters. The Bertz CT molecular complexity index is 479. The molecule has 0 spiro atoms. The minimum Gasteiger partial charge on any atom is -0.382 e. The lowest BCUT2D eigenvalue weighted by Crippen LogP contribution is -1.99. The Morgan fingerprint density at radius 3 is 2.71 bits per heavy atom. The standard InChI is InChI=1S/C13H16N4/c1-2-5-10-6-3-4-7-11(10)17-13-9-15-12(14)8-16-13/h3-4,6-9H,2,5H2,1H3,(H2,14,15)(H,16,17). The van der Waals surface area contributed by atoms with Crippen LogP contribution >= 0.6 is 0 Å². The summed E-state index contributed by atoms with van der Waals surface area (Å²) in [6.07, 6.45) is 5.35. The van der Waals surface area contributed by atoms with Crippen molar-refractivity contribution in [2.45, 2.75) is 19.8 Å². The molecule has 0 aliphatic rings. The topological polar surface area (TPSA) is 63.8 Å². The van der Waals surface area contributed by atoms with E-state index in [0.717, 1.165) is 18.5 Å². The van der Waals surface area contributed by atoms with Gasteiger partial charge in [0, 0.05) is 5.69 Å². The molecule has 1 aromatic carbocycles. The molecular weight excluding hydrogens is 212 g/mol. The fraction of sp³-hybridized carbons (Fsp3) is 0.231. The number of aryl methyl sites for hydroxylation is 1. The molecule has 1 aromatic heterocycles. The summed E-state index contributed by atoms with van der Waals surface area (Å²) in [7, 11) is 0. The largest absolute Gasteiger partial charge is 0.382 e. The second kappa shape index (κ2) is 5.30. The third-order valence-corrected chi connectivity index (χ3v) is 2.47. The first kappa shape index (κ1) is 11.4. The predicted molar refractivity (Wildman–Crippen MR) is 70.2 cm³/mol. The molecule has 0 saturated carbocycles. The Kier molecular flexibility index (Phi) is 3.55. The molecule has 0 aliphatic carbocycles. The van der Waals surface area contributed by atoms with Crippen molar-refractivity contribution in [3.63, 3.8) is 0 Å². The summed E-state index contributed by atoms with van der Waals surface area (Å²) in [5, 5.41) is 3.26. The molecule has 1 heterocycles. The van der Waals surface area contributed by atoms with Crippen LogP contribution in [0.25, 0.3) is 0 Å². The van der Waals surface area contributed by atoms with Gasteiger partial charge in [-0.15, -0.1) is 0 Å². The molecule has 4 nitrogen and oxygen atoms in total. The first-order valence-electron chi connectivity index (χ1n) is 5.72. The number of nitrogen functional groups attached to an aromatic ring is 1. The van der Waals surface area contributed by atoms with Crippen LogP contribution in [0.3, 0.4) is 0 Å². The van der Waals surface area contributed by atoms with Gasteiger partial charge in [-0.1, -0.05) is 31.5 Å². The second-order valence-corrected chi connectivity index (χ2v) is 3.86. The van der Waals surface area contributed by atoms with Gasteiger partial charge in [-0.25, -0.2) is 9.97 Å². The van der Waals surface area contributed by atoms with Gasteiger partial charge in [0.2, 0.25) is 0 Å². The van der Waals surface area contributed by atoms with Crippen LogP contribution in [-0.2, 0) is 6.42 Å². The van der Waals surface area contributed by atoms with Crippen molar-refractivity contribution >= 4 is 17.3 Å². The predicted octanol–water partition coefficient (Wildman–Crippen LogP) is 2.75. The van der Waals surface area contributed by atoms with E-state index in [1.807, 2.05) is 18.2 Å². The maximum absolute atomic E-state index is 5.50. The minimum atomic E-state index is 0.428. The van der Waals surface area contributed by atoms with Crippen molar-refractivity contribution < 1.29 is 0 Å². The molecule has 0 aliphatic heterocycles. The number of para-hydroxylation sites is 1. The van der Waals surface area contributed by atoms with E-state index in [9.17, 15) is 0 Å². The van der Waals surface area contributed by atoms with Crippen LogP contribution in [-0.4, -0.2) is 9.97 Å². The number of nitrogens with one attached hydrogen (secondary N) is 1. The van der Waals surface area contributed by atoms with E-state index in [1.54, 1.807) is 12.4 Å². The zero-order valence-corrected chi connectivity index (χ0v) is 9.85. The number of benzene rings is 1. The van der Waals surface area contributed by atoms with Gasteiger partial charge in [-0.2, -0.15) is 0 Å². The molecule has 2 rings (SSSR count). The van der Waals surface area contributed by atoms with E-state index in [2.05, 4.69) is 28.3 Å². The molecular formula is C13H16N4. The molecule has 2 aromatic rings. The van der Waals surface area contributed by atoms with Gasteiger partial charge >= 0.3 is 0 Å². The molecule has 17 heavy (non-hydrogen) atoms. The summed E-state index contributed by atoms with van der Waals surface area (Å²) in [4.78, 5) is 8.18. The Hall–Kier alpha value is -2.10.